The molecule has 6 heteroatoms. The van der Waals surface area contributed by atoms with Crippen LogP contribution >= 0.6 is 7.14 Å². The van der Waals surface area contributed by atoms with Crippen molar-refractivity contribution < 1.29 is 4.57 Å². The second-order valence-corrected chi connectivity index (χ2v) is 17.6. The topological polar surface area (TPSA) is 52.2 Å². The smallest absolute Gasteiger partial charge is 0.221 e. The lowest BCUT2D eigenvalue weighted by Gasteiger charge is -2.23. The van der Waals surface area contributed by atoms with Gasteiger partial charge < -0.3 is 4.57 Å². The number of fused-ring (bicyclic) bond motifs is 10. The number of imidazole rings is 1. The summed E-state index contributed by atoms with van der Waals surface area (Å²) >= 11 is 0. The summed E-state index contributed by atoms with van der Waals surface area (Å²) in [5.74, 6) is 0.784. The summed E-state index contributed by atoms with van der Waals surface area (Å²) in [6.45, 7) is 0. The molecule has 0 radical (unpaired) electrons. The van der Waals surface area contributed by atoms with Crippen LogP contribution in [0.3, 0.4) is 0 Å². The zero-order valence-corrected chi connectivity index (χ0v) is 32.1. The normalized spacial score (nSPS) is 12.2. The van der Waals surface area contributed by atoms with Crippen molar-refractivity contribution in [1.29, 1.82) is 0 Å². The number of aromatic nitrogens is 4. The number of rotatable bonds is 5. The molecule has 0 aliphatic rings. The third-order valence-electron chi connectivity index (χ3n) is 11.8. The number of benzene rings is 9. The average Bonchev–Trinajstić information content (AvgIpc) is 3.85. The standard InChI is InChI=1S/C52H33N4OP/c57-58(49-25-11-15-35-13-1-3-17-39(35)49,50-26-12-16-36-14-2-4-18-40(36)50)38-30-27-34(28-31-38)37-29-32-42-41-19-6-9-23-46(41)55(48(42)33-37)52-54-44-21-7-5-20-43(44)51-53-45-22-8-10-24-47(45)56(51)52/h1-33H. The van der Waals surface area contributed by atoms with Crippen LogP contribution in [0.4, 0.5) is 0 Å². The first-order chi connectivity index (χ1) is 28.6. The first-order valence-electron chi connectivity index (χ1n) is 19.5. The van der Waals surface area contributed by atoms with Gasteiger partial charge in [0, 0.05) is 32.1 Å². The zero-order valence-electron chi connectivity index (χ0n) is 31.2. The first kappa shape index (κ1) is 32.9. The highest BCUT2D eigenvalue weighted by Gasteiger charge is 2.33. The Kier molecular flexibility index (Phi) is 7.14. The minimum atomic E-state index is -3.36. The maximum absolute atomic E-state index is 16.2. The highest BCUT2D eigenvalue weighted by molar-refractivity contribution is 7.86. The molecule has 0 spiro atoms. The molecular weight excluding hydrogens is 728 g/mol. The van der Waals surface area contributed by atoms with Gasteiger partial charge in [0.15, 0.2) is 7.14 Å². The number of hydrogen-bond acceptors (Lipinski definition) is 3. The van der Waals surface area contributed by atoms with E-state index in [0.29, 0.717) is 0 Å². The van der Waals surface area contributed by atoms with Gasteiger partial charge >= 0.3 is 0 Å². The SMILES string of the molecule is O=P(c1ccc(-c2ccc3c4ccccc4n(-c4nc5ccccc5c5nc6ccccc6n45)c3c2)cc1)(c1cccc2ccccc12)c1cccc2ccccc12. The highest BCUT2D eigenvalue weighted by Crippen LogP contribution is 2.47. The largest absolute Gasteiger partial charge is 0.309 e. The van der Waals surface area contributed by atoms with Gasteiger partial charge in [-0.15, -0.1) is 0 Å². The summed E-state index contributed by atoms with van der Waals surface area (Å²) in [6, 6.07) is 69.0. The van der Waals surface area contributed by atoms with E-state index in [4.69, 9.17) is 9.97 Å². The molecule has 0 N–H and O–H groups in total. The molecule has 5 nitrogen and oxygen atoms in total. The van der Waals surface area contributed by atoms with E-state index in [1.54, 1.807) is 0 Å². The second kappa shape index (κ2) is 12.6. The monoisotopic (exact) mass is 760 g/mol. The average molecular weight is 761 g/mol. The molecule has 0 unspecified atom stereocenters. The maximum atomic E-state index is 16.2. The van der Waals surface area contributed by atoms with E-state index in [1.165, 1.54) is 0 Å². The van der Waals surface area contributed by atoms with Gasteiger partial charge in [-0.3, -0.25) is 8.97 Å². The van der Waals surface area contributed by atoms with Gasteiger partial charge in [-0.25, -0.2) is 9.97 Å². The molecular formula is C52H33N4OP. The Morgan fingerprint density at radius 3 is 1.64 bits per heavy atom. The van der Waals surface area contributed by atoms with Crippen molar-refractivity contribution in [2.75, 3.05) is 0 Å². The Morgan fingerprint density at radius 1 is 0.397 bits per heavy atom. The lowest BCUT2D eigenvalue weighted by atomic mass is 10.0. The summed E-state index contributed by atoms with van der Waals surface area (Å²) in [5, 5.41) is 9.95. The van der Waals surface area contributed by atoms with Crippen molar-refractivity contribution in [2.45, 2.75) is 0 Å². The zero-order chi connectivity index (χ0) is 38.4. The molecule has 9 aromatic carbocycles. The van der Waals surface area contributed by atoms with Crippen LogP contribution in [-0.2, 0) is 4.57 Å². The van der Waals surface area contributed by atoms with Gasteiger partial charge in [0.25, 0.3) is 0 Å². The molecule has 0 aliphatic heterocycles. The molecule has 272 valence electrons. The van der Waals surface area contributed by atoms with Crippen LogP contribution in [-0.4, -0.2) is 18.9 Å². The highest BCUT2D eigenvalue weighted by atomic mass is 31.2. The van der Waals surface area contributed by atoms with E-state index in [0.717, 1.165) is 104 Å². The Bertz CT molecular complexity index is 3580. The van der Waals surface area contributed by atoms with Crippen molar-refractivity contribution in [3.8, 4) is 17.1 Å². The predicted octanol–water partition coefficient (Wildman–Crippen LogP) is 11.7. The van der Waals surface area contributed by atoms with E-state index >= 15 is 4.57 Å². The summed E-state index contributed by atoms with van der Waals surface area (Å²) in [5.41, 5.74) is 7.90. The quantitative estimate of drug-likeness (QED) is 0.164. The van der Waals surface area contributed by atoms with Crippen LogP contribution in [0.2, 0.25) is 0 Å². The summed E-state index contributed by atoms with van der Waals surface area (Å²) in [4.78, 5) is 10.5. The minimum Gasteiger partial charge on any atom is -0.309 e. The Labute approximate surface area is 333 Å². The molecule has 0 aliphatic carbocycles. The van der Waals surface area contributed by atoms with Crippen molar-refractivity contribution in [2.24, 2.45) is 0 Å². The summed E-state index contributed by atoms with van der Waals surface area (Å²) < 4.78 is 20.7. The first-order valence-corrected chi connectivity index (χ1v) is 21.2. The summed E-state index contributed by atoms with van der Waals surface area (Å²) in [6.07, 6.45) is 0. The van der Waals surface area contributed by atoms with Crippen LogP contribution in [0.25, 0.3) is 88.0 Å². The predicted molar refractivity (Wildman–Crippen MR) is 242 cm³/mol. The third-order valence-corrected chi connectivity index (χ3v) is 14.9. The fourth-order valence-electron chi connectivity index (χ4n) is 9.08. The Hall–Kier alpha value is -7.33. The maximum Gasteiger partial charge on any atom is 0.221 e. The fourth-order valence-corrected chi connectivity index (χ4v) is 12.1. The Balaban J connectivity index is 1.07. The van der Waals surface area contributed by atoms with Crippen molar-refractivity contribution in [3.63, 3.8) is 0 Å². The van der Waals surface area contributed by atoms with Crippen LogP contribution in [0, 0.1) is 0 Å². The van der Waals surface area contributed by atoms with Crippen LogP contribution in [0.15, 0.2) is 200 Å². The molecule has 0 saturated heterocycles. The van der Waals surface area contributed by atoms with Crippen molar-refractivity contribution in [3.05, 3.63) is 200 Å². The molecule has 0 saturated carbocycles. The molecule has 0 fully saturated rings. The van der Waals surface area contributed by atoms with Gasteiger partial charge in [-0.2, -0.15) is 0 Å². The molecule has 58 heavy (non-hydrogen) atoms. The van der Waals surface area contributed by atoms with Gasteiger partial charge in [-0.1, -0.05) is 164 Å². The van der Waals surface area contributed by atoms with Crippen LogP contribution in [0.1, 0.15) is 0 Å². The van der Waals surface area contributed by atoms with E-state index in [-0.39, 0.29) is 0 Å². The van der Waals surface area contributed by atoms with Crippen LogP contribution in [0.5, 0.6) is 0 Å². The van der Waals surface area contributed by atoms with E-state index in [9.17, 15) is 0 Å². The Morgan fingerprint density at radius 2 is 0.931 bits per heavy atom. The van der Waals surface area contributed by atoms with Gasteiger partial charge in [0.05, 0.1) is 27.6 Å². The summed E-state index contributed by atoms with van der Waals surface area (Å²) in [7, 11) is -3.36. The number of nitrogens with zero attached hydrogens (tertiary/aromatic N) is 4. The molecule has 3 aromatic heterocycles. The van der Waals surface area contributed by atoms with E-state index in [1.807, 2.05) is 66.7 Å². The molecule has 12 rings (SSSR count). The lowest BCUT2D eigenvalue weighted by Crippen LogP contribution is -2.26. The van der Waals surface area contributed by atoms with Gasteiger partial charge in [0.1, 0.15) is 5.65 Å². The molecule has 12 aromatic rings. The van der Waals surface area contributed by atoms with Crippen LogP contribution < -0.4 is 15.9 Å². The number of para-hydroxylation sites is 4. The van der Waals surface area contributed by atoms with Crippen molar-refractivity contribution in [1.82, 2.24) is 18.9 Å². The minimum absolute atomic E-state index is 0.784. The van der Waals surface area contributed by atoms with E-state index < -0.39 is 7.14 Å². The molecule has 0 amide bonds. The number of hydrogen-bond donors (Lipinski definition) is 0. The van der Waals surface area contributed by atoms with Gasteiger partial charge in [0.2, 0.25) is 5.95 Å². The van der Waals surface area contributed by atoms with Gasteiger partial charge in [-0.05, 0) is 69.1 Å². The molecule has 0 bridgehead atoms. The fraction of sp³-hybridized carbons (Fsp3) is 0. The second-order valence-electron chi connectivity index (χ2n) is 14.9. The van der Waals surface area contributed by atoms with Crippen molar-refractivity contribution >= 4 is 94.0 Å². The third kappa shape index (κ3) is 4.75. The molecule has 0 atom stereocenters. The molecule has 3 heterocycles. The lowest BCUT2D eigenvalue weighted by molar-refractivity contribution is 0.593. The van der Waals surface area contributed by atoms with E-state index in [2.05, 4.69) is 142 Å².